The van der Waals surface area contributed by atoms with Gasteiger partial charge in [-0.3, -0.25) is 4.84 Å². The molecule has 0 aliphatic carbocycles. The summed E-state index contributed by atoms with van der Waals surface area (Å²) in [7, 11) is 1.92. The van der Waals surface area contributed by atoms with Crippen LogP contribution < -0.4 is 4.74 Å². The fourth-order valence-corrected chi connectivity index (χ4v) is 3.66. The van der Waals surface area contributed by atoms with E-state index in [4.69, 9.17) is 9.57 Å². The van der Waals surface area contributed by atoms with Crippen LogP contribution in [-0.2, 0) is 16.9 Å². The minimum atomic E-state index is -0.431. The van der Waals surface area contributed by atoms with Crippen molar-refractivity contribution in [3.05, 3.63) is 84.7 Å². The zero-order valence-electron chi connectivity index (χ0n) is 15.2. The van der Waals surface area contributed by atoms with Crippen LogP contribution in [0.2, 0.25) is 0 Å². The van der Waals surface area contributed by atoms with Gasteiger partial charge < -0.3 is 9.30 Å². The molecule has 27 heavy (non-hydrogen) atoms. The predicted molar refractivity (Wildman–Crippen MR) is 99.5 cm³/mol. The van der Waals surface area contributed by atoms with Gasteiger partial charge in [0.1, 0.15) is 24.3 Å². The van der Waals surface area contributed by atoms with Crippen molar-refractivity contribution in [1.82, 2.24) is 14.6 Å². The van der Waals surface area contributed by atoms with Crippen molar-refractivity contribution in [2.45, 2.75) is 24.6 Å². The molecule has 3 aromatic rings. The number of rotatable bonds is 6. The van der Waals surface area contributed by atoms with Crippen LogP contribution in [0.3, 0.4) is 0 Å². The van der Waals surface area contributed by atoms with E-state index in [0.29, 0.717) is 13.2 Å². The van der Waals surface area contributed by atoms with Crippen LogP contribution in [0.1, 0.15) is 12.0 Å². The lowest BCUT2D eigenvalue weighted by Crippen LogP contribution is -2.41. The molecule has 0 spiro atoms. The second-order valence-corrected chi connectivity index (χ2v) is 6.83. The van der Waals surface area contributed by atoms with Gasteiger partial charge in [-0.25, -0.2) is 9.37 Å². The van der Waals surface area contributed by atoms with Gasteiger partial charge in [0.05, 0.1) is 11.9 Å². The van der Waals surface area contributed by atoms with E-state index >= 15 is 0 Å². The minimum absolute atomic E-state index is 0.108. The van der Waals surface area contributed by atoms with Crippen molar-refractivity contribution in [2.24, 2.45) is 0 Å². The van der Waals surface area contributed by atoms with Crippen LogP contribution in [0.4, 0.5) is 4.39 Å². The monoisotopic (exact) mass is 367 g/mol. The Kier molecular flexibility index (Phi) is 4.92. The molecule has 1 fully saturated rings. The molecule has 2 unspecified atom stereocenters. The van der Waals surface area contributed by atoms with E-state index in [1.54, 1.807) is 12.5 Å². The van der Waals surface area contributed by atoms with Crippen LogP contribution in [0.15, 0.2) is 73.3 Å². The van der Waals surface area contributed by atoms with E-state index in [1.165, 1.54) is 12.1 Å². The van der Waals surface area contributed by atoms with E-state index in [2.05, 4.69) is 4.98 Å². The molecular formula is C21H22FN3O2. The van der Waals surface area contributed by atoms with E-state index in [9.17, 15) is 4.39 Å². The Morgan fingerprint density at radius 2 is 1.96 bits per heavy atom. The Balaban J connectivity index is 1.57. The summed E-state index contributed by atoms with van der Waals surface area (Å²) < 4.78 is 21.4. The highest BCUT2D eigenvalue weighted by Gasteiger charge is 2.47. The fraction of sp³-hybridized carbons (Fsp3) is 0.286. The number of hydrogen-bond acceptors (Lipinski definition) is 4. The first-order valence-electron chi connectivity index (χ1n) is 8.96. The molecule has 140 valence electrons. The van der Waals surface area contributed by atoms with E-state index in [-0.39, 0.29) is 11.9 Å². The van der Waals surface area contributed by atoms with Crippen LogP contribution >= 0.6 is 0 Å². The van der Waals surface area contributed by atoms with Crippen molar-refractivity contribution in [3.8, 4) is 5.75 Å². The smallest absolute Gasteiger partial charge is 0.123 e. The molecule has 0 bridgehead atoms. The minimum Gasteiger partial charge on any atom is -0.491 e. The predicted octanol–water partition coefficient (Wildman–Crippen LogP) is 3.63. The summed E-state index contributed by atoms with van der Waals surface area (Å²) in [5.74, 6) is 0.569. The Bertz CT molecular complexity index is 855. The SMILES string of the molecule is CN1OC(COc2ccccc2)CC1(Cn1ccnc1)c1ccc(F)cc1. The molecule has 1 saturated heterocycles. The second kappa shape index (κ2) is 7.50. The van der Waals surface area contributed by atoms with Gasteiger partial charge in [-0.2, -0.15) is 5.06 Å². The Morgan fingerprint density at radius 1 is 1.19 bits per heavy atom. The van der Waals surface area contributed by atoms with Gasteiger partial charge in [0.15, 0.2) is 0 Å². The molecule has 1 aromatic heterocycles. The van der Waals surface area contributed by atoms with Gasteiger partial charge in [0, 0.05) is 32.4 Å². The highest BCUT2D eigenvalue weighted by molar-refractivity contribution is 5.26. The number of benzene rings is 2. The van der Waals surface area contributed by atoms with Crippen LogP contribution in [-0.4, -0.2) is 34.4 Å². The van der Waals surface area contributed by atoms with Gasteiger partial charge in [-0.05, 0) is 29.8 Å². The average Bonchev–Trinajstić information content (AvgIpc) is 3.30. The maximum Gasteiger partial charge on any atom is 0.123 e. The van der Waals surface area contributed by atoms with Crippen molar-refractivity contribution in [1.29, 1.82) is 0 Å². The number of aromatic nitrogens is 2. The van der Waals surface area contributed by atoms with Gasteiger partial charge in [0.25, 0.3) is 0 Å². The lowest BCUT2D eigenvalue weighted by molar-refractivity contribution is -0.179. The molecule has 4 rings (SSSR count). The maximum atomic E-state index is 13.5. The molecule has 0 amide bonds. The molecule has 1 aliphatic heterocycles. The standard InChI is InChI=1S/C21H22FN3O2/c1-24-21(15-25-12-11-23-16-25,17-7-9-18(22)10-8-17)13-20(27-24)14-26-19-5-3-2-4-6-19/h2-12,16,20H,13-15H2,1H3. The van der Waals surface area contributed by atoms with Crippen molar-refractivity contribution >= 4 is 0 Å². The average molecular weight is 367 g/mol. The molecule has 0 radical (unpaired) electrons. The van der Waals surface area contributed by atoms with Crippen molar-refractivity contribution < 1.29 is 14.0 Å². The number of hydroxylamine groups is 2. The number of imidazole rings is 1. The molecule has 0 N–H and O–H groups in total. The lowest BCUT2D eigenvalue weighted by atomic mass is 9.85. The van der Waals surface area contributed by atoms with Gasteiger partial charge in [-0.15, -0.1) is 0 Å². The quantitative estimate of drug-likeness (QED) is 0.667. The van der Waals surface area contributed by atoms with E-state index in [0.717, 1.165) is 17.7 Å². The van der Waals surface area contributed by atoms with Crippen LogP contribution in [0, 0.1) is 5.82 Å². The summed E-state index contributed by atoms with van der Waals surface area (Å²) in [6.45, 7) is 1.10. The Labute approximate surface area is 157 Å². The first-order chi connectivity index (χ1) is 13.2. The molecule has 2 aromatic carbocycles. The second-order valence-electron chi connectivity index (χ2n) is 6.83. The van der Waals surface area contributed by atoms with Gasteiger partial charge >= 0.3 is 0 Å². The summed E-state index contributed by atoms with van der Waals surface area (Å²) in [5, 5.41) is 1.87. The number of para-hydroxylation sites is 1. The van der Waals surface area contributed by atoms with Crippen LogP contribution in [0.25, 0.3) is 0 Å². The number of likely N-dealkylation sites (N-methyl/N-ethyl adjacent to an activating group) is 1. The number of hydrogen-bond donors (Lipinski definition) is 0. The first kappa shape index (κ1) is 17.7. The Hall–Kier alpha value is -2.70. The van der Waals surface area contributed by atoms with Crippen molar-refractivity contribution in [3.63, 3.8) is 0 Å². The molecule has 6 heteroatoms. The number of nitrogens with zero attached hydrogens (tertiary/aromatic N) is 3. The van der Waals surface area contributed by atoms with Crippen LogP contribution in [0.5, 0.6) is 5.75 Å². The fourth-order valence-electron chi connectivity index (χ4n) is 3.66. The molecule has 0 saturated carbocycles. The maximum absolute atomic E-state index is 13.5. The third-order valence-corrected chi connectivity index (χ3v) is 5.04. The summed E-state index contributed by atoms with van der Waals surface area (Å²) in [4.78, 5) is 10.3. The van der Waals surface area contributed by atoms with Gasteiger partial charge in [-0.1, -0.05) is 30.3 Å². The molecular weight excluding hydrogens is 345 g/mol. The molecule has 5 nitrogen and oxygen atoms in total. The number of halogens is 1. The largest absolute Gasteiger partial charge is 0.491 e. The van der Waals surface area contributed by atoms with Crippen molar-refractivity contribution in [2.75, 3.05) is 13.7 Å². The summed E-state index contributed by atoms with van der Waals surface area (Å²) in [5.41, 5.74) is 0.571. The summed E-state index contributed by atoms with van der Waals surface area (Å²) >= 11 is 0. The zero-order chi connectivity index (χ0) is 18.7. The highest BCUT2D eigenvalue weighted by atomic mass is 19.1. The van der Waals surface area contributed by atoms with E-state index < -0.39 is 5.54 Å². The normalized spacial score (nSPS) is 22.8. The topological polar surface area (TPSA) is 39.5 Å². The highest BCUT2D eigenvalue weighted by Crippen LogP contribution is 2.41. The molecule has 1 aliphatic rings. The first-order valence-corrected chi connectivity index (χ1v) is 8.96. The lowest BCUT2D eigenvalue weighted by Gasteiger charge is -2.34. The zero-order valence-corrected chi connectivity index (χ0v) is 15.2. The Morgan fingerprint density at radius 3 is 2.67 bits per heavy atom. The third-order valence-electron chi connectivity index (χ3n) is 5.04. The molecule has 2 heterocycles. The van der Waals surface area contributed by atoms with Gasteiger partial charge in [0.2, 0.25) is 0 Å². The van der Waals surface area contributed by atoms with E-state index in [1.807, 2.05) is 65.3 Å². The summed E-state index contributed by atoms with van der Waals surface area (Å²) in [6.07, 6.45) is 6.08. The summed E-state index contributed by atoms with van der Waals surface area (Å²) in [6, 6.07) is 16.3. The third kappa shape index (κ3) is 3.72. The number of ether oxygens (including phenoxy) is 1. The molecule has 2 atom stereocenters.